The Morgan fingerprint density at radius 1 is 1.19 bits per heavy atom. The third-order valence-corrected chi connectivity index (χ3v) is 3.51. The first-order valence-corrected chi connectivity index (χ1v) is 6.58. The number of aliphatic imine (C=N–C) groups is 1. The van der Waals surface area contributed by atoms with Gasteiger partial charge in [-0.05, 0) is 24.4 Å². The Bertz CT molecular complexity index is 544. The van der Waals surface area contributed by atoms with Crippen molar-refractivity contribution in [1.82, 2.24) is 0 Å². The number of benzene rings is 1. The van der Waals surface area contributed by atoms with Crippen molar-refractivity contribution >= 4 is 23.1 Å². The molecule has 0 aliphatic carbocycles. The smallest absolute Gasteiger partial charge is 0.222 e. The summed E-state index contributed by atoms with van der Waals surface area (Å²) in [6.07, 6.45) is -6.19. The molecule has 2 rings (SSSR count). The van der Waals surface area contributed by atoms with E-state index in [9.17, 15) is 20.4 Å². The monoisotopic (exact) mass is 313 g/mol. The van der Waals surface area contributed by atoms with Crippen molar-refractivity contribution in [2.24, 2.45) is 4.99 Å². The molecule has 1 saturated heterocycles. The molecule has 1 aromatic carbocycles. The Hall–Kier alpha value is -1.22. The van der Waals surface area contributed by atoms with Gasteiger partial charge < -0.3 is 30.3 Å². The third kappa shape index (κ3) is 2.89. The first-order chi connectivity index (χ1) is 9.93. The number of hydrogen-bond donors (Lipinski definition) is 5. The van der Waals surface area contributed by atoms with E-state index in [1.54, 1.807) is 0 Å². The summed E-state index contributed by atoms with van der Waals surface area (Å²) in [5.74, 6) is -2.26. The Labute approximate surface area is 125 Å². The maximum Gasteiger partial charge on any atom is 0.222 e. The molecule has 0 unspecified atom stereocenters. The van der Waals surface area contributed by atoms with E-state index < -0.39 is 36.8 Å². The lowest BCUT2D eigenvalue weighted by molar-refractivity contribution is -0.357. The number of isothiocyanates is 1. The molecule has 5 atom stereocenters. The largest absolute Gasteiger partial charge is 0.394 e. The number of nitrogens with zero attached hydrogens (tertiary/aromatic N) is 1. The van der Waals surface area contributed by atoms with Crippen molar-refractivity contribution < 1.29 is 30.3 Å². The van der Waals surface area contributed by atoms with E-state index in [-0.39, 0.29) is 5.56 Å². The van der Waals surface area contributed by atoms with E-state index in [4.69, 9.17) is 9.84 Å². The number of aliphatic hydroxyl groups is 5. The van der Waals surface area contributed by atoms with Crippen LogP contribution in [0.15, 0.2) is 29.3 Å². The van der Waals surface area contributed by atoms with Gasteiger partial charge in [0.25, 0.3) is 0 Å². The fourth-order valence-electron chi connectivity index (χ4n) is 2.22. The second-order valence-electron chi connectivity index (χ2n) is 4.71. The second-order valence-corrected chi connectivity index (χ2v) is 4.89. The lowest BCUT2D eigenvalue weighted by Crippen LogP contribution is -2.63. The van der Waals surface area contributed by atoms with Gasteiger partial charge in [-0.1, -0.05) is 12.1 Å². The standard InChI is InChI=1S/C13H15NO6S/c15-5-9-10(16)11(17)12(18)13(19,20-9)7-1-3-8(4-2-7)14-6-21/h1-4,9-12,15-19H,5H2/t9-,10-,11+,12-,13-/m1/s1. The van der Waals surface area contributed by atoms with Crippen LogP contribution >= 0.6 is 12.2 Å². The SMILES string of the molecule is OC[C@H]1O[C@](O)(c2ccc(N=C=S)cc2)[C@H](O)[C@@H](O)[C@@H]1O. The van der Waals surface area contributed by atoms with Crippen molar-refractivity contribution in [2.75, 3.05) is 6.61 Å². The molecule has 114 valence electrons. The number of ether oxygens (including phenoxy) is 1. The van der Waals surface area contributed by atoms with E-state index in [0.717, 1.165) is 0 Å². The van der Waals surface area contributed by atoms with Gasteiger partial charge in [0, 0.05) is 5.56 Å². The van der Waals surface area contributed by atoms with Gasteiger partial charge in [0.1, 0.15) is 24.4 Å². The minimum Gasteiger partial charge on any atom is -0.394 e. The molecule has 21 heavy (non-hydrogen) atoms. The molecule has 1 fully saturated rings. The van der Waals surface area contributed by atoms with Crippen molar-refractivity contribution in [1.29, 1.82) is 0 Å². The first kappa shape index (κ1) is 16.2. The van der Waals surface area contributed by atoms with Crippen LogP contribution in [0.3, 0.4) is 0 Å². The molecule has 0 amide bonds. The fraction of sp³-hybridized carbons (Fsp3) is 0.462. The highest BCUT2D eigenvalue weighted by Gasteiger charge is 2.53. The minimum atomic E-state index is -2.26. The Balaban J connectivity index is 2.36. The van der Waals surface area contributed by atoms with E-state index in [1.807, 2.05) is 0 Å². The average Bonchev–Trinajstić information content (AvgIpc) is 2.50. The van der Waals surface area contributed by atoms with Crippen molar-refractivity contribution in [2.45, 2.75) is 30.2 Å². The molecule has 1 aliphatic rings. The molecule has 0 radical (unpaired) electrons. The summed E-state index contributed by atoms with van der Waals surface area (Å²) in [4.78, 5) is 3.74. The average molecular weight is 313 g/mol. The van der Waals surface area contributed by atoms with Gasteiger partial charge in [-0.25, -0.2) is 0 Å². The topological polar surface area (TPSA) is 123 Å². The summed E-state index contributed by atoms with van der Waals surface area (Å²) in [5.41, 5.74) is 0.629. The Kier molecular flexibility index (Phi) is 4.82. The molecule has 1 aromatic rings. The predicted molar refractivity (Wildman–Crippen MR) is 75.0 cm³/mol. The van der Waals surface area contributed by atoms with Crippen LogP contribution in [0.2, 0.25) is 0 Å². The predicted octanol–water partition coefficient (Wildman–Crippen LogP) is -0.960. The summed E-state index contributed by atoms with van der Waals surface area (Å²) in [6, 6.07) is 5.86. The summed E-state index contributed by atoms with van der Waals surface area (Å²) >= 11 is 4.47. The molecular weight excluding hydrogens is 298 g/mol. The highest BCUT2D eigenvalue weighted by Crippen LogP contribution is 2.36. The van der Waals surface area contributed by atoms with Crippen LogP contribution in [-0.2, 0) is 10.5 Å². The van der Waals surface area contributed by atoms with Crippen LogP contribution in [0, 0.1) is 0 Å². The lowest BCUT2D eigenvalue weighted by Gasteiger charge is -2.45. The van der Waals surface area contributed by atoms with Gasteiger partial charge in [0.05, 0.1) is 17.5 Å². The van der Waals surface area contributed by atoms with E-state index in [1.165, 1.54) is 24.3 Å². The van der Waals surface area contributed by atoms with Crippen molar-refractivity contribution in [3.8, 4) is 0 Å². The molecule has 8 heteroatoms. The number of hydrogen-bond acceptors (Lipinski definition) is 8. The maximum atomic E-state index is 10.5. The van der Waals surface area contributed by atoms with Crippen molar-refractivity contribution in [3.63, 3.8) is 0 Å². The lowest BCUT2D eigenvalue weighted by atomic mass is 9.88. The van der Waals surface area contributed by atoms with Crippen LogP contribution in [0.25, 0.3) is 0 Å². The van der Waals surface area contributed by atoms with Crippen LogP contribution < -0.4 is 0 Å². The van der Waals surface area contributed by atoms with Crippen LogP contribution in [0.4, 0.5) is 5.69 Å². The van der Waals surface area contributed by atoms with Gasteiger partial charge in [-0.3, -0.25) is 0 Å². The Morgan fingerprint density at radius 3 is 2.33 bits per heavy atom. The molecule has 0 saturated carbocycles. The zero-order valence-corrected chi connectivity index (χ0v) is 11.6. The third-order valence-electron chi connectivity index (χ3n) is 3.42. The zero-order chi connectivity index (χ0) is 15.6. The number of thiocarbonyl (C=S) groups is 1. The van der Waals surface area contributed by atoms with Crippen molar-refractivity contribution in [3.05, 3.63) is 29.8 Å². The molecule has 0 aromatic heterocycles. The van der Waals surface area contributed by atoms with Gasteiger partial charge in [-0.15, -0.1) is 0 Å². The van der Waals surface area contributed by atoms with Crippen LogP contribution in [0.1, 0.15) is 5.56 Å². The second kappa shape index (κ2) is 6.27. The van der Waals surface area contributed by atoms with Gasteiger partial charge >= 0.3 is 0 Å². The van der Waals surface area contributed by atoms with Gasteiger partial charge in [0.15, 0.2) is 0 Å². The quantitative estimate of drug-likeness (QED) is 0.360. The maximum absolute atomic E-state index is 10.5. The zero-order valence-electron chi connectivity index (χ0n) is 10.8. The summed E-state index contributed by atoms with van der Waals surface area (Å²) in [6.45, 7) is -0.624. The van der Waals surface area contributed by atoms with Gasteiger partial charge in [-0.2, -0.15) is 4.99 Å². The fourth-order valence-corrected chi connectivity index (χ4v) is 2.33. The molecule has 1 aliphatic heterocycles. The number of rotatable bonds is 3. The summed E-state index contributed by atoms with van der Waals surface area (Å²) in [7, 11) is 0. The normalized spacial score (nSPS) is 36.0. The molecule has 1 heterocycles. The molecule has 5 N–H and O–H groups in total. The van der Waals surface area contributed by atoms with Crippen LogP contribution in [-0.4, -0.2) is 61.7 Å². The van der Waals surface area contributed by atoms with Gasteiger partial charge in [0.2, 0.25) is 5.79 Å². The molecule has 7 nitrogen and oxygen atoms in total. The summed E-state index contributed by atoms with van der Waals surface area (Å²) < 4.78 is 5.18. The van der Waals surface area contributed by atoms with E-state index in [2.05, 4.69) is 22.4 Å². The molecule has 0 bridgehead atoms. The highest BCUT2D eigenvalue weighted by molar-refractivity contribution is 7.78. The minimum absolute atomic E-state index is 0.141. The Morgan fingerprint density at radius 2 is 1.81 bits per heavy atom. The molecule has 0 spiro atoms. The first-order valence-electron chi connectivity index (χ1n) is 6.17. The number of aliphatic hydroxyl groups excluding tert-OH is 4. The van der Waals surface area contributed by atoms with E-state index >= 15 is 0 Å². The van der Waals surface area contributed by atoms with Crippen LogP contribution in [0.5, 0.6) is 0 Å². The molecular formula is C13H15NO6S. The highest BCUT2D eigenvalue weighted by atomic mass is 32.1. The summed E-state index contributed by atoms with van der Waals surface area (Å²) in [5, 5.41) is 51.3. The van der Waals surface area contributed by atoms with E-state index in [0.29, 0.717) is 5.69 Å².